The second kappa shape index (κ2) is 5.53. The highest BCUT2D eigenvalue weighted by molar-refractivity contribution is 5.89. The molecule has 0 amide bonds. The van der Waals surface area contributed by atoms with Crippen molar-refractivity contribution >= 4 is 5.97 Å². The zero-order valence-electron chi connectivity index (χ0n) is 12.1. The van der Waals surface area contributed by atoms with Crippen LogP contribution in [-0.2, 0) is 14.3 Å². The van der Waals surface area contributed by atoms with E-state index in [2.05, 4.69) is 16.1 Å². The van der Waals surface area contributed by atoms with E-state index < -0.39 is 53.8 Å². The smallest absolute Gasteiger partial charge is 0.426 e. The lowest BCUT2D eigenvalue weighted by Gasteiger charge is -2.35. The topological polar surface area (TPSA) is 35.5 Å². The van der Waals surface area contributed by atoms with E-state index in [0.29, 0.717) is 6.92 Å². The molecule has 0 saturated carbocycles. The van der Waals surface area contributed by atoms with Crippen LogP contribution < -0.4 is 0 Å². The van der Waals surface area contributed by atoms with E-state index in [9.17, 15) is 44.3 Å². The number of carbonyl (C=O) groups is 1. The van der Waals surface area contributed by atoms with Crippen LogP contribution in [0.3, 0.4) is 0 Å². The minimum Gasteiger partial charge on any atom is -0.429 e. The normalized spacial score (nSPS) is 27.9. The molecule has 1 rings (SSSR count). The van der Waals surface area contributed by atoms with Crippen LogP contribution in [0.5, 0.6) is 0 Å². The standard InChI is InChI=1S/C12H11F9O3/c1-5-4-9(11(16,17)18,12(19,20)21)24-8(5,3)23-7(22)6(2)10(13,14)15/h5H,2,4H2,1,3H3. The molecule has 1 heterocycles. The van der Waals surface area contributed by atoms with Crippen molar-refractivity contribution in [3.63, 3.8) is 0 Å². The van der Waals surface area contributed by atoms with Crippen LogP contribution in [0.25, 0.3) is 0 Å². The number of ether oxygens (including phenoxy) is 2. The van der Waals surface area contributed by atoms with E-state index in [4.69, 9.17) is 0 Å². The Labute approximate surface area is 129 Å². The summed E-state index contributed by atoms with van der Waals surface area (Å²) in [7, 11) is 0. The van der Waals surface area contributed by atoms with Gasteiger partial charge in [0.25, 0.3) is 5.60 Å². The van der Waals surface area contributed by atoms with Gasteiger partial charge >= 0.3 is 24.5 Å². The summed E-state index contributed by atoms with van der Waals surface area (Å²) in [5.74, 6) is -6.81. The van der Waals surface area contributed by atoms with Gasteiger partial charge in [-0.05, 0) is 0 Å². The highest BCUT2D eigenvalue weighted by atomic mass is 19.4. The molecule has 0 spiro atoms. The molecule has 24 heavy (non-hydrogen) atoms. The fraction of sp³-hybridized carbons (Fsp3) is 0.750. The zero-order valence-corrected chi connectivity index (χ0v) is 12.1. The molecule has 0 radical (unpaired) electrons. The third-order valence-electron chi connectivity index (χ3n) is 3.67. The summed E-state index contributed by atoms with van der Waals surface area (Å²) >= 11 is 0. The fourth-order valence-corrected chi connectivity index (χ4v) is 2.10. The highest BCUT2D eigenvalue weighted by Gasteiger charge is 2.78. The summed E-state index contributed by atoms with van der Waals surface area (Å²) in [5.41, 5.74) is -6.75. The Kier molecular flexibility index (Phi) is 4.74. The molecule has 3 nitrogen and oxygen atoms in total. The van der Waals surface area contributed by atoms with Gasteiger partial charge in [0.05, 0.1) is 0 Å². The van der Waals surface area contributed by atoms with Crippen LogP contribution >= 0.6 is 0 Å². The van der Waals surface area contributed by atoms with Gasteiger partial charge in [-0.15, -0.1) is 0 Å². The maximum atomic E-state index is 12.9. The number of halogens is 9. The van der Waals surface area contributed by atoms with E-state index in [1.54, 1.807) is 0 Å². The number of carbonyl (C=O) groups excluding carboxylic acids is 1. The van der Waals surface area contributed by atoms with Gasteiger partial charge in [-0.1, -0.05) is 13.5 Å². The molecule has 1 aliphatic rings. The lowest BCUT2D eigenvalue weighted by molar-refractivity contribution is -0.400. The SMILES string of the molecule is C=C(C(=O)OC1(C)OC(C(F)(F)F)(C(F)(F)F)CC1C)C(F)(F)F. The number of hydrogen-bond acceptors (Lipinski definition) is 3. The van der Waals surface area contributed by atoms with Gasteiger partial charge in [0.15, 0.2) is 0 Å². The lowest BCUT2D eigenvalue weighted by Crippen LogP contribution is -2.58. The maximum absolute atomic E-state index is 12.9. The molecular weight excluding hydrogens is 363 g/mol. The molecule has 140 valence electrons. The van der Waals surface area contributed by atoms with Gasteiger partial charge in [0, 0.05) is 19.3 Å². The molecule has 0 aliphatic carbocycles. The van der Waals surface area contributed by atoms with Crippen molar-refractivity contribution in [2.75, 3.05) is 0 Å². The Morgan fingerprint density at radius 2 is 1.50 bits per heavy atom. The number of hydrogen-bond donors (Lipinski definition) is 0. The van der Waals surface area contributed by atoms with Gasteiger partial charge in [-0.3, -0.25) is 0 Å². The average Bonchev–Trinajstić information content (AvgIpc) is 2.59. The van der Waals surface area contributed by atoms with E-state index in [-0.39, 0.29) is 0 Å². The van der Waals surface area contributed by atoms with Crippen LogP contribution in [0, 0.1) is 5.92 Å². The Morgan fingerprint density at radius 3 is 1.79 bits per heavy atom. The third kappa shape index (κ3) is 3.33. The summed E-state index contributed by atoms with van der Waals surface area (Å²) in [4.78, 5) is 11.3. The Morgan fingerprint density at radius 1 is 1.08 bits per heavy atom. The molecule has 0 aromatic rings. The molecule has 12 heteroatoms. The average molecular weight is 374 g/mol. The molecule has 0 N–H and O–H groups in total. The first-order chi connectivity index (χ1) is 10.4. The van der Waals surface area contributed by atoms with Gasteiger partial charge in [-0.2, -0.15) is 39.5 Å². The van der Waals surface area contributed by atoms with Crippen LogP contribution in [0.2, 0.25) is 0 Å². The van der Waals surface area contributed by atoms with E-state index >= 15 is 0 Å². The number of esters is 1. The van der Waals surface area contributed by atoms with Gasteiger partial charge < -0.3 is 9.47 Å². The van der Waals surface area contributed by atoms with Crippen molar-refractivity contribution < 1.29 is 53.8 Å². The molecule has 0 aromatic heterocycles. The molecule has 1 aliphatic heterocycles. The Hall–Kier alpha value is -1.46. The molecule has 0 aromatic carbocycles. The molecule has 1 saturated heterocycles. The van der Waals surface area contributed by atoms with E-state index in [0.717, 1.165) is 6.92 Å². The first kappa shape index (κ1) is 20.6. The quantitative estimate of drug-likeness (QED) is 0.411. The summed E-state index contributed by atoms with van der Waals surface area (Å²) in [5, 5.41) is 0. The maximum Gasteiger partial charge on any atom is 0.426 e. The minimum atomic E-state index is -5.93. The highest BCUT2D eigenvalue weighted by Crippen LogP contribution is 2.57. The van der Waals surface area contributed by atoms with Crippen LogP contribution in [0.15, 0.2) is 12.2 Å². The second-order valence-electron chi connectivity index (χ2n) is 5.41. The van der Waals surface area contributed by atoms with Crippen LogP contribution in [0.1, 0.15) is 20.3 Å². The predicted octanol–water partition coefficient (Wildman–Crippen LogP) is 4.28. The number of rotatable bonds is 2. The van der Waals surface area contributed by atoms with Crippen molar-refractivity contribution in [2.45, 2.75) is 50.2 Å². The summed E-state index contributed by atoms with van der Waals surface area (Å²) in [6.07, 6.45) is -18.8. The molecule has 2 unspecified atom stereocenters. The van der Waals surface area contributed by atoms with Crippen LogP contribution in [-0.4, -0.2) is 35.9 Å². The zero-order chi connectivity index (χ0) is 19.4. The predicted molar refractivity (Wildman–Crippen MR) is 59.4 cm³/mol. The fourth-order valence-electron chi connectivity index (χ4n) is 2.10. The Bertz CT molecular complexity index is 517. The van der Waals surface area contributed by atoms with Crippen molar-refractivity contribution in [2.24, 2.45) is 5.92 Å². The third-order valence-corrected chi connectivity index (χ3v) is 3.67. The summed E-state index contributed by atoms with van der Waals surface area (Å²) in [6, 6.07) is 0. The van der Waals surface area contributed by atoms with Crippen molar-refractivity contribution in [3.05, 3.63) is 12.2 Å². The monoisotopic (exact) mass is 374 g/mol. The van der Waals surface area contributed by atoms with Crippen molar-refractivity contribution in [1.82, 2.24) is 0 Å². The largest absolute Gasteiger partial charge is 0.429 e. The first-order valence-corrected chi connectivity index (χ1v) is 6.20. The van der Waals surface area contributed by atoms with E-state index in [1.807, 2.05) is 0 Å². The molecule has 2 atom stereocenters. The van der Waals surface area contributed by atoms with Gasteiger partial charge in [0.2, 0.25) is 5.79 Å². The molecular formula is C12H11F9O3. The first-order valence-electron chi connectivity index (χ1n) is 6.20. The lowest BCUT2D eigenvalue weighted by atomic mass is 9.91. The van der Waals surface area contributed by atoms with Crippen LogP contribution in [0.4, 0.5) is 39.5 Å². The summed E-state index contributed by atoms with van der Waals surface area (Å²) in [6.45, 7) is 3.71. The number of alkyl halides is 9. The van der Waals surface area contributed by atoms with Gasteiger partial charge in [-0.25, -0.2) is 4.79 Å². The summed E-state index contributed by atoms with van der Waals surface area (Å²) < 4.78 is 123. The van der Waals surface area contributed by atoms with Crippen molar-refractivity contribution in [1.29, 1.82) is 0 Å². The van der Waals surface area contributed by atoms with E-state index in [1.165, 1.54) is 0 Å². The molecule has 0 bridgehead atoms. The Balaban J connectivity index is 3.19. The van der Waals surface area contributed by atoms with Crippen molar-refractivity contribution in [3.8, 4) is 0 Å². The minimum absolute atomic E-state index is 0.526. The van der Waals surface area contributed by atoms with Gasteiger partial charge in [0.1, 0.15) is 5.57 Å². The molecule has 1 fully saturated rings. The second-order valence-corrected chi connectivity index (χ2v) is 5.41.